The maximum Gasteiger partial charge on any atom is 0.244 e. The molecule has 0 spiro atoms. The molecule has 6 rings (SSSR count). The highest BCUT2D eigenvalue weighted by molar-refractivity contribution is 5.85. The van der Waals surface area contributed by atoms with Crippen LogP contribution in [0.4, 0.5) is 4.39 Å². The number of nitrogens with zero attached hydrogens (tertiary/aromatic N) is 4. The number of nitrogens with one attached hydrogen (secondary N) is 3. The van der Waals surface area contributed by atoms with E-state index in [2.05, 4.69) is 47.6 Å². The third-order valence-electron chi connectivity index (χ3n) is 6.71. The van der Waals surface area contributed by atoms with Crippen LogP contribution in [0.5, 0.6) is 0 Å². The average Bonchev–Trinajstić information content (AvgIpc) is 3.63. The van der Waals surface area contributed by atoms with Crippen molar-refractivity contribution >= 4 is 10.9 Å². The summed E-state index contributed by atoms with van der Waals surface area (Å²) in [6, 6.07) is 11.0. The number of ether oxygens (including phenoxy) is 1. The van der Waals surface area contributed by atoms with Crippen LogP contribution in [0, 0.1) is 19.7 Å². The van der Waals surface area contributed by atoms with Gasteiger partial charge in [0.15, 0.2) is 5.54 Å². The minimum absolute atomic E-state index is 0.223. The lowest BCUT2D eigenvalue weighted by molar-refractivity contribution is 0.0657. The Kier molecular flexibility index (Phi) is 5.42. The van der Waals surface area contributed by atoms with Gasteiger partial charge >= 0.3 is 0 Å². The van der Waals surface area contributed by atoms with Crippen molar-refractivity contribution in [1.82, 2.24) is 35.5 Å². The zero-order valence-corrected chi connectivity index (χ0v) is 20.2. The molecule has 0 radical (unpaired) electrons. The van der Waals surface area contributed by atoms with Gasteiger partial charge in [-0.25, -0.2) is 14.4 Å². The SMILES string of the molecule is CCOCC1(c2nnc(C)o2)NC(c2ncc(-c3ccc(F)c(C)n3)[nH]2)Cc2c1[nH]c1ccccc21. The van der Waals surface area contributed by atoms with E-state index in [0.29, 0.717) is 41.9 Å². The van der Waals surface area contributed by atoms with Gasteiger partial charge in [-0.3, -0.25) is 5.32 Å². The maximum absolute atomic E-state index is 13.8. The highest BCUT2D eigenvalue weighted by Gasteiger charge is 2.49. The van der Waals surface area contributed by atoms with Crippen LogP contribution in [0.25, 0.3) is 22.3 Å². The highest BCUT2D eigenvalue weighted by Crippen LogP contribution is 2.42. The van der Waals surface area contributed by atoms with Crippen LogP contribution in [0.2, 0.25) is 0 Å². The molecular formula is C26H26FN7O2. The number of hydrogen-bond donors (Lipinski definition) is 3. The molecule has 36 heavy (non-hydrogen) atoms. The van der Waals surface area contributed by atoms with Crippen LogP contribution in [-0.2, 0) is 16.7 Å². The molecule has 5 aromatic rings. The summed E-state index contributed by atoms with van der Waals surface area (Å²) in [5.74, 6) is 1.28. The predicted molar refractivity (Wildman–Crippen MR) is 131 cm³/mol. The van der Waals surface area contributed by atoms with Gasteiger partial charge in [-0.15, -0.1) is 10.2 Å². The van der Waals surface area contributed by atoms with E-state index in [1.165, 1.54) is 6.07 Å². The molecule has 1 aliphatic heterocycles. The van der Waals surface area contributed by atoms with Crippen molar-refractivity contribution in [2.45, 2.75) is 38.8 Å². The molecule has 10 heteroatoms. The third kappa shape index (κ3) is 3.61. The van der Waals surface area contributed by atoms with Crippen LogP contribution < -0.4 is 5.32 Å². The number of rotatable bonds is 6. The number of pyridine rings is 1. The Morgan fingerprint density at radius 2 is 2.00 bits per heavy atom. The Morgan fingerprint density at radius 3 is 2.78 bits per heavy atom. The Balaban J connectivity index is 1.49. The molecule has 0 fully saturated rings. The summed E-state index contributed by atoms with van der Waals surface area (Å²) in [6.07, 6.45) is 2.39. The molecule has 1 aromatic carbocycles. The number of halogens is 1. The zero-order chi connectivity index (χ0) is 24.9. The van der Waals surface area contributed by atoms with Gasteiger partial charge in [-0.2, -0.15) is 0 Å². The van der Waals surface area contributed by atoms with Crippen LogP contribution in [-0.4, -0.2) is 43.3 Å². The number of aromatic nitrogens is 6. The van der Waals surface area contributed by atoms with Gasteiger partial charge in [0, 0.05) is 24.4 Å². The van der Waals surface area contributed by atoms with Gasteiger partial charge in [0.25, 0.3) is 0 Å². The minimum atomic E-state index is -0.911. The minimum Gasteiger partial charge on any atom is -0.423 e. The van der Waals surface area contributed by atoms with Gasteiger partial charge in [0.1, 0.15) is 11.6 Å². The van der Waals surface area contributed by atoms with Gasteiger partial charge in [0.2, 0.25) is 11.8 Å². The second-order valence-corrected chi connectivity index (χ2v) is 9.04. The lowest BCUT2D eigenvalue weighted by atomic mass is 9.83. The second-order valence-electron chi connectivity index (χ2n) is 9.04. The first-order valence-corrected chi connectivity index (χ1v) is 11.9. The molecule has 4 aromatic heterocycles. The third-order valence-corrected chi connectivity index (χ3v) is 6.71. The summed E-state index contributed by atoms with van der Waals surface area (Å²) in [5, 5.41) is 13.4. The Hall–Kier alpha value is -3.89. The molecule has 1 aliphatic rings. The molecular weight excluding hydrogens is 461 g/mol. The Morgan fingerprint density at radius 1 is 1.14 bits per heavy atom. The number of para-hydroxylation sites is 1. The molecule has 184 valence electrons. The molecule has 0 saturated carbocycles. The molecule has 3 N–H and O–H groups in total. The summed E-state index contributed by atoms with van der Waals surface area (Å²) >= 11 is 0. The van der Waals surface area contributed by atoms with Gasteiger partial charge in [-0.1, -0.05) is 18.2 Å². The quantitative estimate of drug-likeness (QED) is 0.328. The van der Waals surface area contributed by atoms with Crippen LogP contribution in [0.1, 0.15) is 47.5 Å². The summed E-state index contributed by atoms with van der Waals surface area (Å²) in [4.78, 5) is 16.0. The van der Waals surface area contributed by atoms with Crippen molar-refractivity contribution in [1.29, 1.82) is 0 Å². The van der Waals surface area contributed by atoms with E-state index in [9.17, 15) is 4.39 Å². The van der Waals surface area contributed by atoms with E-state index in [4.69, 9.17) is 9.15 Å². The smallest absolute Gasteiger partial charge is 0.244 e. The number of H-pyrrole nitrogens is 2. The van der Waals surface area contributed by atoms with Crippen molar-refractivity contribution in [2.75, 3.05) is 13.2 Å². The normalized spacial score (nSPS) is 19.6. The molecule has 9 nitrogen and oxygen atoms in total. The highest BCUT2D eigenvalue weighted by atomic mass is 19.1. The monoisotopic (exact) mass is 487 g/mol. The molecule has 0 aliphatic carbocycles. The van der Waals surface area contributed by atoms with E-state index < -0.39 is 5.54 Å². The standard InChI is InChI=1S/C26H26FN7O2/c1-4-35-13-26(25-34-33-15(3)36-25)23-17(16-7-5-6-8-19(16)30-23)11-21(32-26)24-28-12-22(31-24)20-10-9-18(27)14(2)29-20/h5-10,12,21,30,32H,4,11,13H2,1-3H3,(H,28,31). The van der Waals surface area contributed by atoms with Crippen molar-refractivity contribution < 1.29 is 13.5 Å². The first kappa shape index (κ1) is 22.6. The second kappa shape index (κ2) is 8.65. The van der Waals surface area contributed by atoms with Crippen molar-refractivity contribution in [3.8, 4) is 11.4 Å². The van der Waals surface area contributed by atoms with Crippen molar-refractivity contribution in [3.05, 3.63) is 83.0 Å². The number of fused-ring (bicyclic) bond motifs is 3. The summed E-state index contributed by atoms with van der Waals surface area (Å²) in [7, 11) is 0. The van der Waals surface area contributed by atoms with Crippen molar-refractivity contribution in [2.24, 2.45) is 0 Å². The number of imidazole rings is 1. The van der Waals surface area contributed by atoms with E-state index in [1.807, 2.05) is 19.1 Å². The van der Waals surface area contributed by atoms with Gasteiger partial charge in [0.05, 0.1) is 41.6 Å². The van der Waals surface area contributed by atoms with Crippen LogP contribution >= 0.6 is 0 Å². The molecule has 2 unspecified atom stereocenters. The molecule has 5 heterocycles. The van der Waals surface area contributed by atoms with Gasteiger partial charge in [-0.05, 0) is 44.0 Å². The summed E-state index contributed by atoms with van der Waals surface area (Å²) < 4.78 is 25.8. The zero-order valence-electron chi connectivity index (χ0n) is 20.2. The fourth-order valence-corrected chi connectivity index (χ4v) is 4.97. The fourth-order valence-electron chi connectivity index (χ4n) is 4.97. The first-order chi connectivity index (χ1) is 17.5. The van der Waals surface area contributed by atoms with Gasteiger partial charge < -0.3 is 19.1 Å². The van der Waals surface area contributed by atoms with E-state index in [0.717, 1.165) is 28.0 Å². The van der Waals surface area contributed by atoms with Crippen LogP contribution in [0.15, 0.2) is 47.0 Å². The number of aromatic amines is 2. The first-order valence-electron chi connectivity index (χ1n) is 11.9. The lowest BCUT2D eigenvalue weighted by Crippen LogP contribution is -2.53. The summed E-state index contributed by atoms with van der Waals surface area (Å²) in [6.45, 7) is 6.18. The molecule has 2 atom stereocenters. The topological polar surface area (TPSA) is 118 Å². The Labute approximate surface area is 206 Å². The largest absolute Gasteiger partial charge is 0.423 e. The fraction of sp³-hybridized carbons (Fsp3) is 0.308. The lowest BCUT2D eigenvalue weighted by Gasteiger charge is -2.39. The number of hydrogen-bond acceptors (Lipinski definition) is 7. The average molecular weight is 488 g/mol. The maximum atomic E-state index is 13.8. The Bertz CT molecular complexity index is 1550. The predicted octanol–water partition coefficient (Wildman–Crippen LogP) is 4.26. The molecule has 0 saturated heterocycles. The number of aryl methyl sites for hydroxylation is 2. The molecule has 0 amide bonds. The molecule has 0 bridgehead atoms. The van der Waals surface area contributed by atoms with E-state index in [-0.39, 0.29) is 18.5 Å². The van der Waals surface area contributed by atoms with E-state index in [1.54, 1.807) is 26.1 Å². The van der Waals surface area contributed by atoms with Crippen molar-refractivity contribution in [3.63, 3.8) is 0 Å². The number of benzene rings is 1. The van der Waals surface area contributed by atoms with Crippen LogP contribution in [0.3, 0.4) is 0 Å². The van der Waals surface area contributed by atoms with E-state index >= 15 is 0 Å². The summed E-state index contributed by atoms with van der Waals surface area (Å²) in [5.41, 5.74) is 3.87.